The minimum Gasteiger partial charge on any atom is -0.378 e. The summed E-state index contributed by atoms with van der Waals surface area (Å²) < 4.78 is 5.52. The number of fused-ring (bicyclic) bond motifs is 3. The van der Waals surface area contributed by atoms with Crippen molar-refractivity contribution < 1.29 is 9.53 Å². The summed E-state index contributed by atoms with van der Waals surface area (Å²) in [5.74, 6) is -0.0379. The molecule has 1 aromatic carbocycles. The van der Waals surface area contributed by atoms with E-state index in [9.17, 15) is 4.79 Å². The molecule has 1 aromatic rings. The van der Waals surface area contributed by atoms with Gasteiger partial charge in [-0.2, -0.15) is 0 Å². The van der Waals surface area contributed by atoms with E-state index in [4.69, 9.17) is 27.9 Å². The van der Waals surface area contributed by atoms with Crippen LogP contribution in [0.4, 0.5) is 0 Å². The lowest BCUT2D eigenvalue weighted by atomic mass is 10.1. The molecule has 0 aromatic heterocycles. The lowest BCUT2D eigenvalue weighted by Crippen LogP contribution is -2.41. The fourth-order valence-corrected chi connectivity index (χ4v) is 3.27. The van der Waals surface area contributed by atoms with Crippen LogP contribution in [0, 0.1) is 5.92 Å². The zero-order valence-electron chi connectivity index (χ0n) is 10.9. The molecule has 20 heavy (non-hydrogen) atoms. The van der Waals surface area contributed by atoms with Gasteiger partial charge in [0.05, 0.1) is 25.2 Å². The number of ether oxygens (including phenoxy) is 1. The van der Waals surface area contributed by atoms with Crippen LogP contribution in [0.25, 0.3) is 0 Å². The van der Waals surface area contributed by atoms with Crippen LogP contribution in [0.2, 0.25) is 10.0 Å². The third kappa shape index (κ3) is 2.93. The van der Waals surface area contributed by atoms with E-state index in [1.165, 1.54) is 0 Å². The first-order chi connectivity index (χ1) is 9.63. The first kappa shape index (κ1) is 14.1. The Morgan fingerprint density at radius 2 is 2.00 bits per heavy atom. The number of nitrogens with one attached hydrogen (secondary N) is 1. The van der Waals surface area contributed by atoms with Gasteiger partial charge in [-0.1, -0.05) is 29.3 Å². The number of benzene rings is 1. The molecular weight excluding hydrogens is 299 g/mol. The monoisotopic (exact) mass is 314 g/mol. The normalized spacial score (nSPS) is 27.0. The first-order valence-electron chi connectivity index (χ1n) is 6.67. The Morgan fingerprint density at radius 3 is 2.75 bits per heavy atom. The molecule has 2 atom stereocenters. The highest BCUT2D eigenvalue weighted by molar-refractivity contribution is 6.35. The Labute approximate surface area is 128 Å². The van der Waals surface area contributed by atoms with Crippen molar-refractivity contribution >= 4 is 29.1 Å². The molecule has 0 unspecified atom stereocenters. The number of carbonyl (C=O) groups is 1. The molecule has 4 nitrogen and oxygen atoms in total. The summed E-state index contributed by atoms with van der Waals surface area (Å²) in [4.78, 5) is 14.2. The number of hydrogen-bond acceptors (Lipinski definition) is 3. The predicted octanol–water partition coefficient (Wildman–Crippen LogP) is 1.94. The zero-order chi connectivity index (χ0) is 14.1. The van der Waals surface area contributed by atoms with E-state index in [2.05, 4.69) is 10.2 Å². The lowest BCUT2D eigenvalue weighted by Gasteiger charge is -2.28. The summed E-state index contributed by atoms with van der Waals surface area (Å²) >= 11 is 12.4. The summed E-state index contributed by atoms with van der Waals surface area (Å²) in [6.45, 7) is 3.12. The maximum Gasteiger partial charge on any atom is 0.227 e. The number of amides is 1. The van der Waals surface area contributed by atoms with Crippen LogP contribution in [0.15, 0.2) is 18.2 Å². The van der Waals surface area contributed by atoms with Gasteiger partial charge in [0.25, 0.3) is 0 Å². The maximum absolute atomic E-state index is 12.0. The molecule has 1 amide bonds. The van der Waals surface area contributed by atoms with Crippen LogP contribution in [-0.2, 0) is 16.1 Å². The molecule has 2 fully saturated rings. The van der Waals surface area contributed by atoms with E-state index < -0.39 is 0 Å². The molecule has 0 radical (unpaired) electrons. The Kier molecular flexibility index (Phi) is 4.17. The van der Waals surface area contributed by atoms with Crippen LogP contribution in [0.5, 0.6) is 0 Å². The standard InChI is InChI=1S/C14H16Cl2N2O2/c15-12-2-1-3-13(16)11(12)6-18-4-9-7-20-8-10(5-18)17-14(9)19/h1-3,9-10H,4-8H2,(H,17,19)/t9-,10+/m1/s1. The average Bonchev–Trinajstić information content (AvgIpc) is 2.63. The van der Waals surface area contributed by atoms with Gasteiger partial charge in [-0.3, -0.25) is 9.69 Å². The van der Waals surface area contributed by atoms with Gasteiger partial charge >= 0.3 is 0 Å². The first-order valence-corrected chi connectivity index (χ1v) is 7.42. The molecule has 6 heteroatoms. The molecule has 0 spiro atoms. The molecule has 1 N–H and O–H groups in total. The van der Waals surface area contributed by atoms with Gasteiger partial charge in [-0.25, -0.2) is 0 Å². The third-order valence-corrected chi connectivity index (χ3v) is 4.46. The highest BCUT2D eigenvalue weighted by Gasteiger charge is 2.33. The predicted molar refractivity (Wildman–Crippen MR) is 78.0 cm³/mol. The molecular formula is C14H16Cl2N2O2. The minimum atomic E-state index is -0.122. The summed E-state index contributed by atoms with van der Waals surface area (Å²) in [6.07, 6.45) is 0. The Hall–Kier alpha value is -0.810. The molecule has 2 aliphatic heterocycles. The van der Waals surface area contributed by atoms with Crippen LogP contribution in [0.3, 0.4) is 0 Å². The second kappa shape index (κ2) is 5.90. The van der Waals surface area contributed by atoms with E-state index in [-0.39, 0.29) is 17.9 Å². The van der Waals surface area contributed by atoms with E-state index in [0.29, 0.717) is 36.3 Å². The summed E-state index contributed by atoms with van der Waals surface area (Å²) in [6, 6.07) is 5.56. The summed E-state index contributed by atoms with van der Waals surface area (Å²) in [7, 11) is 0. The second-order valence-electron chi connectivity index (χ2n) is 5.33. The van der Waals surface area contributed by atoms with Gasteiger partial charge in [0.2, 0.25) is 5.91 Å². The molecule has 108 valence electrons. The Balaban J connectivity index is 1.79. The molecule has 0 saturated carbocycles. The largest absolute Gasteiger partial charge is 0.378 e. The van der Waals surface area contributed by atoms with Crippen molar-refractivity contribution in [2.24, 2.45) is 5.92 Å². The molecule has 2 bridgehead atoms. The van der Waals surface area contributed by atoms with Crippen molar-refractivity contribution in [3.63, 3.8) is 0 Å². The van der Waals surface area contributed by atoms with Gasteiger partial charge in [0.1, 0.15) is 0 Å². The fourth-order valence-electron chi connectivity index (χ4n) is 2.76. The van der Waals surface area contributed by atoms with Gasteiger partial charge in [0.15, 0.2) is 0 Å². The Bertz CT molecular complexity index is 504. The number of nitrogens with zero attached hydrogens (tertiary/aromatic N) is 1. The van der Waals surface area contributed by atoms with Crippen LogP contribution >= 0.6 is 23.2 Å². The van der Waals surface area contributed by atoms with Crippen molar-refractivity contribution in [3.05, 3.63) is 33.8 Å². The zero-order valence-corrected chi connectivity index (χ0v) is 12.5. The molecule has 2 saturated heterocycles. The lowest BCUT2D eigenvalue weighted by molar-refractivity contribution is -0.125. The van der Waals surface area contributed by atoms with Gasteiger partial charge in [-0.15, -0.1) is 0 Å². The minimum absolute atomic E-state index is 0.0382. The van der Waals surface area contributed by atoms with Crippen molar-refractivity contribution in [1.82, 2.24) is 10.2 Å². The fraction of sp³-hybridized carbons (Fsp3) is 0.500. The number of hydrogen-bond donors (Lipinski definition) is 1. The second-order valence-corrected chi connectivity index (χ2v) is 6.15. The van der Waals surface area contributed by atoms with Crippen molar-refractivity contribution in [2.75, 3.05) is 26.3 Å². The van der Waals surface area contributed by atoms with E-state index in [0.717, 1.165) is 12.1 Å². The van der Waals surface area contributed by atoms with Crippen molar-refractivity contribution in [1.29, 1.82) is 0 Å². The van der Waals surface area contributed by atoms with Gasteiger partial charge < -0.3 is 10.1 Å². The quantitative estimate of drug-likeness (QED) is 0.907. The van der Waals surface area contributed by atoms with E-state index >= 15 is 0 Å². The average molecular weight is 315 g/mol. The molecule has 2 heterocycles. The van der Waals surface area contributed by atoms with E-state index in [1.807, 2.05) is 18.2 Å². The van der Waals surface area contributed by atoms with Gasteiger partial charge in [-0.05, 0) is 12.1 Å². The highest BCUT2D eigenvalue weighted by atomic mass is 35.5. The molecule has 0 aliphatic carbocycles. The van der Waals surface area contributed by atoms with Gasteiger partial charge in [0, 0.05) is 35.2 Å². The SMILES string of the molecule is O=C1N[C@@H]2COC[C@H]1CN(Cc1c(Cl)cccc1Cl)C2. The topological polar surface area (TPSA) is 41.6 Å². The number of rotatable bonds is 2. The Morgan fingerprint density at radius 1 is 1.25 bits per heavy atom. The molecule has 3 rings (SSSR count). The van der Waals surface area contributed by atoms with E-state index in [1.54, 1.807) is 0 Å². The van der Waals surface area contributed by atoms with Crippen molar-refractivity contribution in [2.45, 2.75) is 12.6 Å². The van der Waals surface area contributed by atoms with Crippen LogP contribution in [-0.4, -0.2) is 43.2 Å². The number of carbonyl (C=O) groups excluding carboxylic acids is 1. The third-order valence-electron chi connectivity index (χ3n) is 3.76. The summed E-state index contributed by atoms with van der Waals surface area (Å²) in [5, 5.41) is 4.35. The maximum atomic E-state index is 12.0. The number of halogens is 2. The summed E-state index contributed by atoms with van der Waals surface area (Å²) in [5.41, 5.74) is 0.921. The van der Waals surface area contributed by atoms with Crippen LogP contribution in [0.1, 0.15) is 5.56 Å². The van der Waals surface area contributed by atoms with Crippen LogP contribution < -0.4 is 5.32 Å². The van der Waals surface area contributed by atoms with Crippen molar-refractivity contribution in [3.8, 4) is 0 Å². The molecule has 2 aliphatic rings. The highest BCUT2D eigenvalue weighted by Crippen LogP contribution is 2.27. The smallest absolute Gasteiger partial charge is 0.227 e.